The number of piperidine rings is 1. The van der Waals surface area contributed by atoms with E-state index in [-0.39, 0.29) is 6.04 Å². The van der Waals surface area contributed by atoms with Gasteiger partial charge in [0.1, 0.15) is 6.04 Å². The molecular weight excluding hydrogens is 362 g/mol. The molecular formula is C13H15Br2NO2. The highest BCUT2D eigenvalue weighted by Gasteiger charge is 2.28. The largest absolute Gasteiger partial charge is 0.480 e. The van der Waals surface area contributed by atoms with Gasteiger partial charge in [-0.25, -0.2) is 0 Å². The monoisotopic (exact) mass is 375 g/mol. The van der Waals surface area contributed by atoms with Gasteiger partial charge in [0.15, 0.2) is 0 Å². The van der Waals surface area contributed by atoms with Gasteiger partial charge in [0, 0.05) is 15.5 Å². The van der Waals surface area contributed by atoms with Crippen LogP contribution >= 0.6 is 31.9 Å². The van der Waals surface area contributed by atoms with Crippen molar-refractivity contribution < 1.29 is 9.90 Å². The molecule has 1 aliphatic heterocycles. The molecule has 1 unspecified atom stereocenters. The van der Waals surface area contributed by atoms with E-state index in [4.69, 9.17) is 0 Å². The zero-order chi connectivity index (χ0) is 13.1. The quantitative estimate of drug-likeness (QED) is 0.875. The van der Waals surface area contributed by atoms with Crippen molar-refractivity contribution in [1.29, 1.82) is 0 Å². The van der Waals surface area contributed by atoms with E-state index in [1.54, 1.807) is 0 Å². The number of halogens is 2. The second kappa shape index (κ2) is 6.17. The molecule has 1 heterocycles. The van der Waals surface area contributed by atoms with E-state index in [0.717, 1.165) is 40.3 Å². The fourth-order valence-corrected chi connectivity index (χ4v) is 3.01. The molecule has 0 amide bonds. The first-order valence-corrected chi connectivity index (χ1v) is 7.57. The van der Waals surface area contributed by atoms with E-state index in [2.05, 4.69) is 36.8 Å². The molecule has 2 rings (SSSR count). The number of benzene rings is 1. The van der Waals surface area contributed by atoms with Crippen molar-refractivity contribution in [3.8, 4) is 0 Å². The number of hydrogen-bond donors (Lipinski definition) is 1. The van der Waals surface area contributed by atoms with Gasteiger partial charge in [-0.3, -0.25) is 9.69 Å². The Morgan fingerprint density at radius 2 is 2.11 bits per heavy atom. The second-order valence-electron chi connectivity index (χ2n) is 4.57. The van der Waals surface area contributed by atoms with Gasteiger partial charge in [-0.1, -0.05) is 12.5 Å². The van der Waals surface area contributed by atoms with Crippen LogP contribution in [0.4, 0.5) is 0 Å². The number of carboxylic acid groups (broad SMARTS) is 1. The summed E-state index contributed by atoms with van der Waals surface area (Å²) >= 11 is 6.91. The standard InChI is InChI=1S/C13H15Br2NO2/c14-10-5-4-9(7-11(10)15)8-16-6-2-1-3-12(16)13(17)18/h4-5,7,12H,1-3,6,8H2,(H,17,18). The van der Waals surface area contributed by atoms with Crippen LogP contribution in [0.2, 0.25) is 0 Å². The lowest BCUT2D eigenvalue weighted by Crippen LogP contribution is -2.43. The highest BCUT2D eigenvalue weighted by molar-refractivity contribution is 9.13. The molecule has 1 aliphatic rings. The fourth-order valence-electron chi connectivity index (χ4n) is 2.33. The van der Waals surface area contributed by atoms with Crippen LogP contribution in [0.1, 0.15) is 24.8 Å². The minimum atomic E-state index is -0.703. The first-order valence-electron chi connectivity index (χ1n) is 5.98. The maximum atomic E-state index is 11.2. The van der Waals surface area contributed by atoms with E-state index < -0.39 is 5.97 Å². The molecule has 3 nitrogen and oxygen atoms in total. The smallest absolute Gasteiger partial charge is 0.320 e. The Morgan fingerprint density at radius 3 is 2.78 bits per heavy atom. The molecule has 0 bridgehead atoms. The molecule has 98 valence electrons. The molecule has 1 aromatic carbocycles. The van der Waals surface area contributed by atoms with Crippen LogP contribution in [0.25, 0.3) is 0 Å². The highest BCUT2D eigenvalue weighted by Crippen LogP contribution is 2.26. The minimum Gasteiger partial charge on any atom is -0.480 e. The number of aliphatic carboxylic acids is 1. The number of carboxylic acids is 1. The maximum Gasteiger partial charge on any atom is 0.320 e. The Kier molecular flexibility index (Phi) is 4.81. The summed E-state index contributed by atoms with van der Waals surface area (Å²) in [6.07, 6.45) is 2.85. The van der Waals surface area contributed by atoms with Crippen molar-refractivity contribution in [2.45, 2.75) is 31.8 Å². The molecule has 0 aliphatic carbocycles. The Hall–Kier alpha value is -0.390. The van der Waals surface area contributed by atoms with Crippen molar-refractivity contribution in [2.75, 3.05) is 6.54 Å². The third-order valence-electron chi connectivity index (χ3n) is 3.27. The van der Waals surface area contributed by atoms with Gasteiger partial charge in [0.2, 0.25) is 0 Å². The predicted molar refractivity (Wildman–Crippen MR) is 77.5 cm³/mol. The van der Waals surface area contributed by atoms with Gasteiger partial charge in [0.25, 0.3) is 0 Å². The van der Waals surface area contributed by atoms with E-state index >= 15 is 0 Å². The van der Waals surface area contributed by atoms with E-state index in [1.807, 2.05) is 18.2 Å². The normalized spacial score (nSPS) is 20.9. The lowest BCUT2D eigenvalue weighted by atomic mass is 10.0. The molecule has 0 spiro atoms. The molecule has 1 aromatic rings. The molecule has 1 atom stereocenters. The number of hydrogen-bond acceptors (Lipinski definition) is 2. The van der Waals surface area contributed by atoms with Crippen LogP contribution in [0.3, 0.4) is 0 Å². The van der Waals surface area contributed by atoms with Crippen LogP contribution in [0, 0.1) is 0 Å². The van der Waals surface area contributed by atoms with Crippen LogP contribution < -0.4 is 0 Å². The Labute approximate surface area is 123 Å². The zero-order valence-electron chi connectivity index (χ0n) is 9.90. The average molecular weight is 377 g/mol. The van der Waals surface area contributed by atoms with Crippen molar-refractivity contribution in [3.63, 3.8) is 0 Å². The Morgan fingerprint density at radius 1 is 1.33 bits per heavy atom. The molecule has 0 saturated carbocycles. The topological polar surface area (TPSA) is 40.5 Å². The summed E-state index contributed by atoms with van der Waals surface area (Å²) in [7, 11) is 0. The molecule has 1 N–H and O–H groups in total. The number of likely N-dealkylation sites (tertiary alicyclic amines) is 1. The van der Waals surface area contributed by atoms with E-state index in [9.17, 15) is 9.90 Å². The summed E-state index contributed by atoms with van der Waals surface area (Å²) in [6, 6.07) is 5.72. The maximum absolute atomic E-state index is 11.2. The first kappa shape index (κ1) is 14.0. The molecule has 1 saturated heterocycles. The summed E-state index contributed by atoms with van der Waals surface area (Å²) < 4.78 is 2.02. The zero-order valence-corrected chi connectivity index (χ0v) is 13.1. The SMILES string of the molecule is O=C(O)C1CCCCN1Cc1ccc(Br)c(Br)c1. The summed E-state index contributed by atoms with van der Waals surface area (Å²) in [6.45, 7) is 1.56. The van der Waals surface area contributed by atoms with E-state index in [0.29, 0.717) is 6.54 Å². The van der Waals surface area contributed by atoms with Gasteiger partial charge in [-0.2, -0.15) is 0 Å². The van der Waals surface area contributed by atoms with Gasteiger partial charge < -0.3 is 5.11 Å². The van der Waals surface area contributed by atoms with Gasteiger partial charge in [0.05, 0.1) is 0 Å². The van der Waals surface area contributed by atoms with Crippen molar-refractivity contribution in [1.82, 2.24) is 4.90 Å². The van der Waals surface area contributed by atoms with E-state index in [1.165, 1.54) is 0 Å². The fraction of sp³-hybridized carbons (Fsp3) is 0.462. The van der Waals surface area contributed by atoms with Crippen LogP contribution in [0.5, 0.6) is 0 Å². The average Bonchev–Trinajstić information content (AvgIpc) is 2.34. The van der Waals surface area contributed by atoms with Gasteiger partial charge in [-0.05, 0) is 68.9 Å². The van der Waals surface area contributed by atoms with Crippen molar-refractivity contribution in [2.24, 2.45) is 0 Å². The predicted octanol–water partition coefficient (Wildman–Crippen LogP) is 3.65. The number of rotatable bonds is 3. The summed E-state index contributed by atoms with van der Waals surface area (Å²) in [5, 5.41) is 9.23. The molecule has 1 fully saturated rings. The van der Waals surface area contributed by atoms with Crippen molar-refractivity contribution >= 4 is 37.8 Å². The molecule has 5 heteroatoms. The third-order valence-corrected chi connectivity index (χ3v) is 5.15. The third kappa shape index (κ3) is 3.33. The molecule has 0 radical (unpaired) electrons. The summed E-state index contributed by atoms with van der Waals surface area (Å²) in [4.78, 5) is 13.3. The highest BCUT2D eigenvalue weighted by atomic mass is 79.9. The summed E-state index contributed by atoms with van der Waals surface area (Å²) in [5.74, 6) is -0.703. The number of nitrogens with zero attached hydrogens (tertiary/aromatic N) is 1. The second-order valence-corrected chi connectivity index (χ2v) is 6.28. The van der Waals surface area contributed by atoms with Crippen LogP contribution in [0.15, 0.2) is 27.1 Å². The molecule has 18 heavy (non-hydrogen) atoms. The van der Waals surface area contributed by atoms with Gasteiger partial charge >= 0.3 is 5.97 Å². The van der Waals surface area contributed by atoms with Crippen LogP contribution in [-0.4, -0.2) is 28.6 Å². The Bertz CT molecular complexity index is 451. The number of carbonyl (C=O) groups is 1. The lowest BCUT2D eigenvalue weighted by Gasteiger charge is -2.32. The lowest BCUT2D eigenvalue weighted by molar-refractivity contribution is -0.144. The Balaban J connectivity index is 2.10. The first-order chi connectivity index (χ1) is 8.58. The van der Waals surface area contributed by atoms with Gasteiger partial charge in [-0.15, -0.1) is 0 Å². The van der Waals surface area contributed by atoms with Crippen LogP contribution in [-0.2, 0) is 11.3 Å². The summed E-state index contributed by atoms with van der Waals surface area (Å²) in [5.41, 5.74) is 1.14. The minimum absolute atomic E-state index is 0.332. The van der Waals surface area contributed by atoms with Crippen molar-refractivity contribution in [3.05, 3.63) is 32.7 Å². The molecule has 0 aromatic heterocycles.